The lowest BCUT2D eigenvalue weighted by Crippen LogP contribution is -2.41. The summed E-state index contributed by atoms with van der Waals surface area (Å²) in [7, 11) is 0. The largest absolute Gasteiger partial charge is 0.325 e. The number of quaternary nitrogens is 1. The summed E-state index contributed by atoms with van der Waals surface area (Å²) >= 11 is 0. The molecule has 0 unspecified atom stereocenters. The van der Waals surface area contributed by atoms with Crippen LogP contribution >= 0.6 is 0 Å². The second-order valence-corrected chi connectivity index (χ2v) is 2.36. The first-order valence-electron chi connectivity index (χ1n) is 3.10. The zero-order chi connectivity index (χ0) is 6.85. The average molecular weight is 122 g/mol. The van der Waals surface area contributed by atoms with Crippen LogP contribution in [-0.2, 0) is 0 Å². The summed E-state index contributed by atoms with van der Waals surface area (Å²) in [6.45, 7) is 4.20. The standard InChI is InChI=1S/C8H11N/c1-6-4-3-5-8(9)7(6)2/h3-5H,9H2,1-2H3/p+1. The Morgan fingerprint density at radius 3 is 2.33 bits per heavy atom. The SMILES string of the molecule is Cc1cccc([NH3+])c1C. The van der Waals surface area contributed by atoms with Gasteiger partial charge in [0.05, 0.1) is 0 Å². The van der Waals surface area contributed by atoms with Crippen LogP contribution < -0.4 is 5.73 Å². The Balaban J connectivity index is 3.25. The van der Waals surface area contributed by atoms with Crippen molar-refractivity contribution in [3.8, 4) is 0 Å². The van der Waals surface area contributed by atoms with Gasteiger partial charge in [-0.15, -0.1) is 0 Å². The van der Waals surface area contributed by atoms with Crippen molar-refractivity contribution in [1.82, 2.24) is 0 Å². The van der Waals surface area contributed by atoms with Gasteiger partial charge >= 0.3 is 0 Å². The summed E-state index contributed by atoms with van der Waals surface area (Å²) in [6.07, 6.45) is 0. The molecule has 0 saturated carbocycles. The molecule has 0 aliphatic heterocycles. The monoisotopic (exact) mass is 122 g/mol. The van der Waals surface area contributed by atoms with E-state index in [1.54, 1.807) is 0 Å². The molecule has 1 nitrogen and oxygen atoms in total. The van der Waals surface area contributed by atoms with Crippen LogP contribution in [0.5, 0.6) is 0 Å². The van der Waals surface area contributed by atoms with Crippen molar-refractivity contribution < 1.29 is 5.73 Å². The van der Waals surface area contributed by atoms with Gasteiger partial charge in [0.15, 0.2) is 0 Å². The summed E-state index contributed by atoms with van der Waals surface area (Å²) in [5.74, 6) is 0. The molecule has 0 atom stereocenters. The number of benzene rings is 1. The van der Waals surface area contributed by atoms with E-state index in [-0.39, 0.29) is 0 Å². The summed E-state index contributed by atoms with van der Waals surface area (Å²) in [6, 6.07) is 6.16. The van der Waals surface area contributed by atoms with Crippen molar-refractivity contribution in [1.29, 1.82) is 0 Å². The lowest BCUT2D eigenvalue weighted by molar-refractivity contribution is -0.255. The van der Waals surface area contributed by atoms with Crippen LogP contribution in [-0.4, -0.2) is 0 Å². The molecule has 3 N–H and O–H groups in total. The van der Waals surface area contributed by atoms with Crippen molar-refractivity contribution in [2.75, 3.05) is 0 Å². The van der Waals surface area contributed by atoms with Crippen molar-refractivity contribution in [2.45, 2.75) is 13.8 Å². The maximum absolute atomic E-state index is 3.88. The summed E-state index contributed by atoms with van der Waals surface area (Å²) in [4.78, 5) is 0. The molecule has 0 aliphatic carbocycles. The quantitative estimate of drug-likeness (QED) is 0.535. The highest BCUT2D eigenvalue weighted by Gasteiger charge is 1.96. The van der Waals surface area contributed by atoms with E-state index in [1.807, 2.05) is 12.1 Å². The molecule has 0 aromatic heterocycles. The number of hydrogen-bond donors (Lipinski definition) is 1. The lowest BCUT2D eigenvalue weighted by Gasteiger charge is -1.97. The fraction of sp³-hybridized carbons (Fsp3) is 0.250. The first-order chi connectivity index (χ1) is 4.22. The van der Waals surface area contributed by atoms with Gasteiger partial charge in [-0.25, -0.2) is 0 Å². The maximum atomic E-state index is 3.88. The van der Waals surface area contributed by atoms with Gasteiger partial charge < -0.3 is 5.73 Å². The van der Waals surface area contributed by atoms with Crippen molar-refractivity contribution >= 4 is 5.69 Å². The second kappa shape index (κ2) is 2.19. The Bertz CT molecular complexity index is 196. The van der Waals surface area contributed by atoms with Crippen LogP contribution in [0.1, 0.15) is 11.1 Å². The Hall–Kier alpha value is -0.820. The minimum absolute atomic E-state index is 1.13. The molecule has 0 spiro atoms. The Morgan fingerprint density at radius 1 is 1.22 bits per heavy atom. The van der Waals surface area contributed by atoms with Crippen molar-refractivity contribution in [3.05, 3.63) is 29.3 Å². The molecule has 1 aromatic rings. The third kappa shape index (κ3) is 1.11. The van der Waals surface area contributed by atoms with E-state index in [4.69, 9.17) is 0 Å². The molecule has 48 valence electrons. The van der Waals surface area contributed by atoms with Gasteiger partial charge in [-0.1, -0.05) is 12.1 Å². The van der Waals surface area contributed by atoms with Crippen molar-refractivity contribution in [2.24, 2.45) is 0 Å². The lowest BCUT2D eigenvalue weighted by atomic mass is 10.1. The topological polar surface area (TPSA) is 27.6 Å². The van der Waals surface area contributed by atoms with Gasteiger partial charge in [-0.2, -0.15) is 0 Å². The van der Waals surface area contributed by atoms with Crippen LogP contribution in [0, 0.1) is 13.8 Å². The predicted molar refractivity (Wildman–Crippen MR) is 38.5 cm³/mol. The average Bonchev–Trinajstić information content (AvgIpc) is 1.83. The van der Waals surface area contributed by atoms with Crippen molar-refractivity contribution in [3.63, 3.8) is 0 Å². The molecular weight excluding hydrogens is 110 g/mol. The van der Waals surface area contributed by atoms with Gasteiger partial charge in [-0.05, 0) is 25.5 Å². The zero-order valence-electron chi connectivity index (χ0n) is 5.94. The molecule has 0 saturated heterocycles. The minimum Gasteiger partial charge on any atom is -0.325 e. The van der Waals surface area contributed by atoms with Gasteiger partial charge in [0, 0.05) is 5.56 Å². The Morgan fingerprint density at radius 2 is 1.89 bits per heavy atom. The van der Waals surface area contributed by atoms with Crippen LogP contribution in [0.2, 0.25) is 0 Å². The molecule has 0 aliphatic rings. The molecule has 0 bridgehead atoms. The van der Waals surface area contributed by atoms with Gasteiger partial charge in [0.1, 0.15) is 5.69 Å². The molecule has 0 fully saturated rings. The van der Waals surface area contributed by atoms with Crippen LogP contribution in [0.15, 0.2) is 18.2 Å². The first kappa shape index (κ1) is 6.30. The van der Waals surface area contributed by atoms with Crippen LogP contribution in [0.4, 0.5) is 5.69 Å². The minimum atomic E-state index is 1.13. The highest BCUT2D eigenvalue weighted by atomic mass is 14.5. The van der Waals surface area contributed by atoms with Gasteiger partial charge in [0.25, 0.3) is 0 Å². The van der Waals surface area contributed by atoms with Gasteiger partial charge in [0.2, 0.25) is 0 Å². The van der Waals surface area contributed by atoms with Gasteiger partial charge in [-0.3, -0.25) is 0 Å². The van der Waals surface area contributed by atoms with E-state index in [2.05, 4.69) is 25.6 Å². The van der Waals surface area contributed by atoms with E-state index in [9.17, 15) is 0 Å². The molecule has 1 heteroatoms. The Kier molecular flexibility index (Phi) is 1.54. The maximum Gasteiger partial charge on any atom is 0.131 e. The molecule has 1 rings (SSSR count). The summed E-state index contributed by atoms with van der Waals surface area (Å²) < 4.78 is 0. The van der Waals surface area contributed by atoms with Crippen LogP contribution in [0.25, 0.3) is 0 Å². The number of rotatable bonds is 0. The highest BCUT2D eigenvalue weighted by Crippen LogP contribution is 2.11. The van der Waals surface area contributed by atoms with E-state index >= 15 is 0 Å². The number of hydrogen-bond acceptors (Lipinski definition) is 0. The molecule has 9 heavy (non-hydrogen) atoms. The smallest absolute Gasteiger partial charge is 0.131 e. The summed E-state index contributed by atoms with van der Waals surface area (Å²) in [5.41, 5.74) is 7.64. The van der Waals surface area contributed by atoms with Crippen LogP contribution in [0.3, 0.4) is 0 Å². The molecule has 0 heterocycles. The summed E-state index contributed by atoms with van der Waals surface area (Å²) in [5, 5.41) is 0. The fourth-order valence-corrected chi connectivity index (χ4v) is 0.812. The molecule has 1 aromatic carbocycles. The first-order valence-corrected chi connectivity index (χ1v) is 3.10. The molecule has 0 radical (unpaired) electrons. The van der Waals surface area contributed by atoms with E-state index in [1.165, 1.54) is 11.1 Å². The highest BCUT2D eigenvalue weighted by molar-refractivity contribution is 5.42. The third-order valence-electron chi connectivity index (χ3n) is 1.72. The predicted octanol–water partition coefficient (Wildman–Crippen LogP) is 1.18. The second-order valence-electron chi connectivity index (χ2n) is 2.36. The number of aryl methyl sites for hydroxylation is 1. The van der Waals surface area contributed by atoms with E-state index < -0.39 is 0 Å². The molecular formula is C8H12N+. The van der Waals surface area contributed by atoms with E-state index in [0.717, 1.165) is 5.69 Å². The van der Waals surface area contributed by atoms with E-state index in [0.29, 0.717) is 0 Å². The Labute approximate surface area is 55.5 Å². The fourth-order valence-electron chi connectivity index (χ4n) is 0.812. The third-order valence-corrected chi connectivity index (χ3v) is 1.72. The normalized spacial score (nSPS) is 9.67. The zero-order valence-corrected chi connectivity index (χ0v) is 5.94. The molecule has 0 amide bonds.